The molecule has 0 atom stereocenters. The van der Waals surface area contributed by atoms with E-state index in [0.29, 0.717) is 5.02 Å². The number of halogens is 2. The van der Waals surface area contributed by atoms with Crippen molar-refractivity contribution in [2.75, 3.05) is 0 Å². The van der Waals surface area contributed by atoms with Gasteiger partial charge in [0, 0.05) is 10.7 Å². The lowest BCUT2D eigenvalue weighted by Crippen LogP contribution is -2.27. The van der Waals surface area contributed by atoms with Gasteiger partial charge in [-0.25, -0.2) is 10.5 Å². The Morgan fingerprint density at radius 2 is 2.46 bits per heavy atom. The molecule has 13 heavy (non-hydrogen) atoms. The number of nitrogens with two attached hydrogens (primary N) is 1. The van der Waals surface area contributed by atoms with Gasteiger partial charge in [0.1, 0.15) is 0 Å². The fourth-order valence-electron chi connectivity index (χ4n) is 0.629. The van der Waals surface area contributed by atoms with Crippen LogP contribution in [0.15, 0.2) is 21.7 Å². The summed E-state index contributed by atoms with van der Waals surface area (Å²) in [6.07, 6.45) is 1.52. The molecule has 7 heteroatoms. The van der Waals surface area contributed by atoms with Gasteiger partial charge in [-0.05, 0) is 22.0 Å². The third-order valence-electron chi connectivity index (χ3n) is 1.13. The van der Waals surface area contributed by atoms with Gasteiger partial charge in [-0.3, -0.25) is 5.21 Å². The Morgan fingerprint density at radius 3 is 3.00 bits per heavy atom. The Hall–Kier alpha value is -0.850. The first-order valence-electron chi connectivity index (χ1n) is 3.19. The summed E-state index contributed by atoms with van der Waals surface area (Å²) in [5.41, 5.74) is 6.86. The number of aliphatic imine (C=N–C) groups is 1. The van der Waals surface area contributed by atoms with E-state index in [2.05, 4.69) is 25.9 Å². The van der Waals surface area contributed by atoms with Crippen molar-refractivity contribution in [2.45, 2.75) is 0 Å². The molecular weight excluding hydrogens is 259 g/mol. The van der Waals surface area contributed by atoms with Crippen LogP contribution in [-0.2, 0) is 0 Å². The van der Waals surface area contributed by atoms with Gasteiger partial charge in [-0.15, -0.1) is 0 Å². The van der Waals surface area contributed by atoms with E-state index in [4.69, 9.17) is 22.5 Å². The highest BCUT2D eigenvalue weighted by Gasteiger charge is 2.01. The molecule has 0 bridgehead atoms. The maximum Gasteiger partial charge on any atom is 0.219 e. The molecule has 70 valence electrons. The number of hydrogen-bond donors (Lipinski definition) is 3. The molecule has 0 spiro atoms. The maximum atomic E-state index is 8.36. The minimum atomic E-state index is -0.170. The number of guanidine groups is 1. The van der Waals surface area contributed by atoms with Gasteiger partial charge in [0.15, 0.2) is 5.82 Å². The van der Waals surface area contributed by atoms with E-state index < -0.39 is 0 Å². The summed E-state index contributed by atoms with van der Waals surface area (Å²) in [5, 5.41) is 8.70. The third-order valence-corrected chi connectivity index (χ3v) is 1.84. The second-order valence-corrected chi connectivity index (χ2v) is 3.39. The van der Waals surface area contributed by atoms with Gasteiger partial charge in [0.05, 0.1) is 5.02 Å². The van der Waals surface area contributed by atoms with Crippen LogP contribution in [0.25, 0.3) is 0 Å². The molecule has 0 fully saturated rings. The van der Waals surface area contributed by atoms with Crippen molar-refractivity contribution in [2.24, 2.45) is 10.7 Å². The van der Waals surface area contributed by atoms with Crippen LogP contribution in [0, 0.1) is 0 Å². The highest BCUT2D eigenvalue weighted by molar-refractivity contribution is 9.10. The van der Waals surface area contributed by atoms with Crippen molar-refractivity contribution in [3.8, 4) is 0 Å². The Morgan fingerprint density at radius 1 is 1.77 bits per heavy atom. The van der Waals surface area contributed by atoms with E-state index >= 15 is 0 Å². The molecule has 1 rings (SSSR count). The summed E-state index contributed by atoms with van der Waals surface area (Å²) in [7, 11) is 0. The molecule has 0 aliphatic rings. The molecular formula is C6H6BrClN4O. The lowest BCUT2D eigenvalue weighted by molar-refractivity contribution is 0.233. The summed E-state index contributed by atoms with van der Waals surface area (Å²) in [6, 6.07) is 1.62. The van der Waals surface area contributed by atoms with E-state index in [9.17, 15) is 0 Å². The number of aromatic nitrogens is 1. The standard InChI is InChI=1S/C6H6BrClN4O/c7-3-1-4(8)5(10-2-3)11-6(9)12-13/h1-2,13H,(H3,9,10,11,12). The van der Waals surface area contributed by atoms with Gasteiger partial charge in [-0.1, -0.05) is 11.6 Å². The molecule has 0 aliphatic heterocycles. The van der Waals surface area contributed by atoms with Crippen molar-refractivity contribution < 1.29 is 5.21 Å². The van der Waals surface area contributed by atoms with Gasteiger partial charge in [0.2, 0.25) is 5.96 Å². The summed E-state index contributed by atoms with van der Waals surface area (Å²) in [5.74, 6) is 0.0700. The molecule has 4 N–H and O–H groups in total. The zero-order valence-electron chi connectivity index (χ0n) is 6.33. The minimum Gasteiger partial charge on any atom is -0.368 e. The van der Waals surface area contributed by atoms with Crippen LogP contribution >= 0.6 is 27.5 Å². The molecule has 5 nitrogen and oxygen atoms in total. The Kier molecular flexibility index (Phi) is 3.47. The fraction of sp³-hybridized carbons (Fsp3) is 0. The van der Waals surface area contributed by atoms with Gasteiger partial charge >= 0.3 is 0 Å². The fourth-order valence-corrected chi connectivity index (χ4v) is 1.30. The summed E-state index contributed by atoms with van der Waals surface area (Å²) >= 11 is 8.95. The number of hydroxylamine groups is 1. The van der Waals surface area contributed by atoms with Crippen molar-refractivity contribution in [1.82, 2.24) is 10.5 Å². The largest absolute Gasteiger partial charge is 0.368 e. The minimum absolute atomic E-state index is 0.170. The lowest BCUT2D eigenvalue weighted by atomic mass is 10.5. The SMILES string of the molecule is N/C(=N\c1ncc(Br)cc1Cl)NO. The quantitative estimate of drug-likeness (QED) is 0.407. The van der Waals surface area contributed by atoms with Crippen molar-refractivity contribution >= 4 is 39.3 Å². The zero-order valence-corrected chi connectivity index (χ0v) is 8.67. The number of pyridine rings is 1. The van der Waals surface area contributed by atoms with Gasteiger partial charge < -0.3 is 5.73 Å². The molecule has 0 amide bonds. The van der Waals surface area contributed by atoms with Crippen LogP contribution in [0.2, 0.25) is 5.02 Å². The van der Waals surface area contributed by atoms with Crippen molar-refractivity contribution in [1.29, 1.82) is 0 Å². The molecule has 0 radical (unpaired) electrons. The predicted molar refractivity (Wildman–Crippen MR) is 53.2 cm³/mol. The van der Waals surface area contributed by atoms with Gasteiger partial charge in [0.25, 0.3) is 0 Å². The number of hydrogen-bond acceptors (Lipinski definition) is 3. The zero-order chi connectivity index (χ0) is 9.84. The Bertz CT molecular complexity index is 343. The first kappa shape index (κ1) is 10.2. The van der Waals surface area contributed by atoms with E-state index in [1.54, 1.807) is 11.5 Å². The highest BCUT2D eigenvalue weighted by atomic mass is 79.9. The summed E-state index contributed by atoms with van der Waals surface area (Å²) < 4.78 is 0.743. The first-order chi connectivity index (χ1) is 6.13. The Labute approximate surface area is 87.7 Å². The van der Waals surface area contributed by atoms with Crippen LogP contribution in [0.4, 0.5) is 5.82 Å². The average molecular weight is 265 g/mol. The second-order valence-electron chi connectivity index (χ2n) is 2.07. The number of rotatable bonds is 1. The van der Waals surface area contributed by atoms with Crippen LogP contribution in [0.3, 0.4) is 0 Å². The normalized spacial score (nSPS) is 11.5. The van der Waals surface area contributed by atoms with E-state index in [-0.39, 0.29) is 11.8 Å². The smallest absolute Gasteiger partial charge is 0.219 e. The monoisotopic (exact) mass is 264 g/mol. The first-order valence-corrected chi connectivity index (χ1v) is 4.36. The van der Waals surface area contributed by atoms with Gasteiger partial charge in [-0.2, -0.15) is 4.99 Å². The molecule has 1 heterocycles. The number of nitrogens with zero attached hydrogens (tertiary/aromatic N) is 2. The Balaban J connectivity index is 3.03. The molecule has 0 aromatic carbocycles. The lowest BCUT2D eigenvalue weighted by Gasteiger charge is -1.99. The molecule has 0 unspecified atom stereocenters. The maximum absolute atomic E-state index is 8.36. The second kappa shape index (κ2) is 4.40. The van der Waals surface area contributed by atoms with Crippen LogP contribution in [0.1, 0.15) is 0 Å². The average Bonchev–Trinajstić information content (AvgIpc) is 2.09. The predicted octanol–water partition coefficient (Wildman–Crippen LogP) is 1.42. The van der Waals surface area contributed by atoms with Crippen LogP contribution in [0.5, 0.6) is 0 Å². The van der Waals surface area contributed by atoms with Crippen molar-refractivity contribution in [3.63, 3.8) is 0 Å². The van der Waals surface area contributed by atoms with E-state index in [1.807, 2.05) is 0 Å². The molecule has 1 aromatic rings. The van der Waals surface area contributed by atoms with E-state index in [1.165, 1.54) is 6.20 Å². The van der Waals surface area contributed by atoms with Crippen molar-refractivity contribution in [3.05, 3.63) is 21.8 Å². The molecule has 0 saturated heterocycles. The summed E-state index contributed by atoms with van der Waals surface area (Å²) in [4.78, 5) is 7.56. The highest BCUT2D eigenvalue weighted by Crippen LogP contribution is 2.24. The van der Waals surface area contributed by atoms with E-state index in [0.717, 1.165) is 4.47 Å². The third kappa shape index (κ3) is 2.83. The molecule has 1 aromatic heterocycles. The topological polar surface area (TPSA) is 83.5 Å². The van der Waals surface area contributed by atoms with Crippen LogP contribution < -0.4 is 11.2 Å². The summed E-state index contributed by atoms with van der Waals surface area (Å²) in [6.45, 7) is 0. The molecule has 0 aliphatic carbocycles. The molecule has 0 saturated carbocycles. The van der Waals surface area contributed by atoms with Crippen LogP contribution in [-0.4, -0.2) is 16.2 Å². The number of nitrogens with one attached hydrogen (secondary N) is 1.